The van der Waals surface area contributed by atoms with Crippen molar-refractivity contribution in [2.75, 3.05) is 18.8 Å². The quantitative estimate of drug-likeness (QED) is 0.908. The highest BCUT2D eigenvalue weighted by Gasteiger charge is 2.35. The zero-order chi connectivity index (χ0) is 14.2. The Hall–Kier alpha value is -1.31. The number of fused-ring (bicyclic) bond motifs is 1. The minimum Gasteiger partial charge on any atom is -0.332 e. The van der Waals surface area contributed by atoms with Gasteiger partial charge in [0, 0.05) is 44.4 Å². The lowest BCUT2D eigenvalue weighted by molar-refractivity contribution is -0.0469. The molecule has 1 saturated heterocycles. The highest BCUT2D eigenvalue weighted by Crippen LogP contribution is 2.27. The van der Waals surface area contributed by atoms with Gasteiger partial charge in [-0.15, -0.1) is 0 Å². The van der Waals surface area contributed by atoms with Gasteiger partial charge in [-0.25, -0.2) is 18.6 Å². The summed E-state index contributed by atoms with van der Waals surface area (Å²) in [5.74, 6) is -1.59. The second kappa shape index (κ2) is 5.23. The highest BCUT2D eigenvalue weighted by molar-refractivity contribution is 7.99. The van der Waals surface area contributed by atoms with Gasteiger partial charge in [-0.1, -0.05) is 11.8 Å². The van der Waals surface area contributed by atoms with Gasteiger partial charge >= 0.3 is 6.03 Å². The third-order valence-electron chi connectivity index (χ3n) is 3.56. The number of amides is 2. The number of piperidine rings is 1. The average molecular weight is 302 g/mol. The summed E-state index contributed by atoms with van der Waals surface area (Å²) in [5.41, 5.74) is 0.808. The predicted molar refractivity (Wildman–Crippen MR) is 70.9 cm³/mol. The number of aryl methyl sites for hydroxylation is 1. The molecule has 0 bridgehead atoms. The maximum atomic E-state index is 13.0. The number of halogens is 2. The van der Waals surface area contributed by atoms with Crippen molar-refractivity contribution in [3.63, 3.8) is 0 Å². The zero-order valence-electron chi connectivity index (χ0n) is 10.9. The van der Waals surface area contributed by atoms with Gasteiger partial charge in [0.05, 0.1) is 12.2 Å². The number of likely N-dealkylation sites (tertiary alicyclic amines) is 1. The van der Waals surface area contributed by atoms with E-state index in [1.807, 2.05) is 6.20 Å². The smallest absolute Gasteiger partial charge is 0.317 e. The molecule has 0 radical (unpaired) electrons. The molecule has 5 nitrogen and oxygen atoms in total. The van der Waals surface area contributed by atoms with Crippen molar-refractivity contribution in [2.45, 2.75) is 37.0 Å². The van der Waals surface area contributed by atoms with Crippen LogP contribution in [0, 0.1) is 0 Å². The number of imidazole rings is 1. The molecule has 1 fully saturated rings. The number of nitrogens with zero attached hydrogens (tertiary/aromatic N) is 3. The van der Waals surface area contributed by atoms with Crippen molar-refractivity contribution in [1.29, 1.82) is 0 Å². The van der Waals surface area contributed by atoms with Crippen LogP contribution < -0.4 is 5.32 Å². The lowest BCUT2D eigenvalue weighted by Crippen LogP contribution is -2.47. The topological polar surface area (TPSA) is 50.2 Å². The number of alkyl halides is 2. The van der Waals surface area contributed by atoms with Crippen LogP contribution in [0.15, 0.2) is 11.4 Å². The van der Waals surface area contributed by atoms with Gasteiger partial charge in [-0.2, -0.15) is 0 Å². The Kier molecular flexibility index (Phi) is 3.57. The number of hydrogen-bond donors (Lipinski definition) is 1. The number of thioether (sulfide) groups is 1. The molecule has 3 heterocycles. The molecule has 2 aliphatic heterocycles. The molecule has 2 amide bonds. The van der Waals surface area contributed by atoms with Crippen LogP contribution in [-0.4, -0.2) is 45.2 Å². The lowest BCUT2D eigenvalue weighted by Gasteiger charge is -2.31. The van der Waals surface area contributed by atoms with E-state index in [1.54, 1.807) is 11.8 Å². The number of aromatic nitrogens is 2. The monoisotopic (exact) mass is 302 g/mol. The summed E-state index contributed by atoms with van der Waals surface area (Å²) < 4.78 is 28.1. The third kappa shape index (κ3) is 2.89. The zero-order valence-corrected chi connectivity index (χ0v) is 11.8. The molecule has 1 aromatic rings. The summed E-state index contributed by atoms with van der Waals surface area (Å²) in [6.07, 6.45) is 1.42. The normalized spacial score (nSPS) is 20.8. The van der Waals surface area contributed by atoms with Crippen LogP contribution in [0.2, 0.25) is 0 Å². The molecule has 0 spiro atoms. The Morgan fingerprint density at radius 1 is 1.40 bits per heavy atom. The number of hydrogen-bond acceptors (Lipinski definition) is 3. The summed E-state index contributed by atoms with van der Waals surface area (Å²) >= 11 is 1.70. The summed E-state index contributed by atoms with van der Waals surface area (Å²) in [4.78, 5) is 17.7. The molecule has 1 N–H and O–H groups in total. The van der Waals surface area contributed by atoms with Gasteiger partial charge in [0.25, 0.3) is 5.92 Å². The number of carbonyl (C=O) groups excluding carboxylic acids is 1. The van der Waals surface area contributed by atoms with E-state index in [9.17, 15) is 13.6 Å². The number of carbonyl (C=O) groups is 1. The number of rotatable bonds is 2. The minimum absolute atomic E-state index is 0.106. The first kappa shape index (κ1) is 13.7. The maximum Gasteiger partial charge on any atom is 0.317 e. The first-order valence-corrected chi connectivity index (χ1v) is 7.61. The molecule has 110 valence electrons. The predicted octanol–water partition coefficient (Wildman–Crippen LogP) is 1.93. The van der Waals surface area contributed by atoms with E-state index in [0.717, 1.165) is 23.1 Å². The molecule has 0 atom stereocenters. The number of urea groups is 1. The summed E-state index contributed by atoms with van der Waals surface area (Å²) in [6.45, 7) is 1.50. The van der Waals surface area contributed by atoms with Gasteiger partial charge < -0.3 is 14.8 Å². The fourth-order valence-electron chi connectivity index (χ4n) is 2.36. The Balaban J connectivity index is 1.49. The largest absolute Gasteiger partial charge is 0.332 e. The van der Waals surface area contributed by atoms with E-state index in [2.05, 4.69) is 14.9 Å². The molecule has 0 aromatic carbocycles. The third-order valence-corrected chi connectivity index (χ3v) is 4.53. The molecule has 8 heteroatoms. The number of nitrogens with one attached hydrogen (secondary N) is 1. The standard InChI is InChI=1S/C12H16F2N4OS/c13-12(14)1-3-17(4-2-12)10(19)15-7-9-8-18-5-6-20-11(18)16-9/h8H,1-7H2,(H,15,19). The Bertz CT molecular complexity index is 488. The molecular formula is C12H16F2N4OS. The van der Waals surface area contributed by atoms with Crippen molar-refractivity contribution in [2.24, 2.45) is 0 Å². The SMILES string of the molecule is O=C(NCc1cn2c(n1)SCC2)N1CCC(F)(F)CC1. The second-order valence-corrected chi connectivity index (χ2v) is 6.12. The van der Waals surface area contributed by atoms with Crippen molar-refractivity contribution < 1.29 is 13.6 Å². The van der Waals surface area contributed by atoms with Crippen molar-refractivity contribution in [3.8, 4) is 0 Å². The molecule has 0 aliphatic carbocycles. The van der Waals surface area contributed by atoms with E-state index in [1.165, 1.54) is 4.90 Å². The maximum absolute atomic E-state index is 13.0. The van der Waals surface area contributed by atoms with Gasteiger partial charge in [-0.3, -0.25) is 0 Å². The van der Waals surface area contributed by atoms with Gasteiger partial charge in [-0.05, 0) is 0 Å². The van der Waals surface area contributed by atoms with Crippen molar-refractivity contribution in [3.05, 3.63) is 11.9 Å². The van der Waals surface area contributed by atoms with Crippen LogP contribution in [0.5, 0.6) is 0 Å². The summed E-state index contributed by atoms with van der Waals surface area (Å²) in [5, 5.41) is 3.72. The first-order valence-electron chi connectivity index (χ1n) is 6.63. The fourth-order valence-corrected chi connectivity index (χ4v) is 3.32. The van der Waals surface area contributed by atoms with Gasteiger partial charge in [0.1, 0.15) is 0 Å². The van der Waals surface area contributed by atoms with E-state index in [4.69, 9.17) is 0 Å². The van der Waals surface area contributed by atoms with Crippen LogP contribution in [0.25, 0.3) is 0 Å². The average Bonchev–Trinajstić information content (AvgIpc) is 2.96. The van der Waals surface area contributed by atoms with E-state index in [0.29, 0.717) is 6.54 Å². The van der Waals surface area contributed by atoms with E-state index < -0.39 is 5.92 Å². The molecule has 20 heavy (non-hydrogen) atoms. The molecule has 1 aromatic heterocycles. The summed E-state index contributed by atoms with van der Waals surface area (Å²) in [6, 6.07) is -0.290. The van der Waals surface area contributed by atoms with Gasteiger partial charge in [0.15, 0.2) is 5.16 Å². The van der Waals surface area contributed by atoms with E-state index in [-0.39, 0.29) is 32.0 Å². The first-order chi connectivity index (χ1) is 9.53. The lowest BCUT2D eigenvalue weighted by atomic mass is 10.1. The Morgan fingerprint density at radius 2 is 2.15 bits per heavy atom. The van der Waals surface area contributed by atoms with Crippen LogP contribution in [0.3, 0.4) is 0 Å². The van der Waals surface area contributed by atoms with Crippen LogP contribution in [-0.2, 0) is 13.1 Å². The van der Waals surface area contributed by atoms with Crippen LogP contribution in [0.4, 0.5) is 13.6 Å². The van der Waals surface area contributed by atoms with Crippen molar-refractivity contribution >= 4 is 17.8 Å². The van der Waals surface area contributed by atoms with Gasteiger partial charge in [0.2, 0.25) is 0 Å². The molecular weight excluding hydrogens is 286 g/mol. The second-order valence-electron chi connectivity index (χ2n) is 5.06. The van der Waals surface area contributed by atoms with Crippen molar-refractivity contribution in [1.82, 2.24) is 19.8 Å². The summed E-state index contributed by atoms with van der Waals surface area (Å²) in [7, 11) is 0. The van der Waals surface area contributed by atoms with Crippen LogP contribution in [0.1, 0.15) is 18.5 Å². The fraction of sp³-hybridized carbons (Fsp3) is 0.667. The van der Waals surface area contributed by atoms with E-state index >= 15 is 0 Å². The molecule has 3 rings (SSSR count). The Labute approximate surface area is 119 Å². The molecule has 2 aliphatic rings. The Morgan fingerprint density at radius 3 is 2.85 bits per heavy atom. The molecule has 0 unspecified atom stereocenters. The highest BCUT2D eigenvalue weighted by atomic mass is 32.2. The van der Waals surface area contributed by atoms with Crippen LogP contribution >= 0.6 is 11.8 Å². The molecule has 0 saturated carbocycles. The minimum atomic E-state index is -2.63.